The standard InChI is InChI=1S/C12H12O2S2/c1-2-15-6-8-7-16-10-5-3-4-9(11(8)10)12(13)14/h3-5,7H,2,6H2,1H3,(H,13,14). The summed E-state index contributed by atoms with van der Waals surface area (Å²) in [6.07, 6.45) is 0. The Morgan fingerprint density at radius 2 is 2.31 bits per heavy atom. The predicted octanol–water partition coefficient (Wildman–Crippen LogP) is 3.85. The highest BCUT2D eigenvalue weighted by Crippen LogP contribution is 2.31. The smallest absolute Gasteiger partial charge is 0.336 e. The molecule has 0 saturated carbocycles. The van der Waals surface area contributed by atoms with Gasteiger partial charge in [-0.15, -0.1) is 11.3 Å². The van der Waals surface area contributed by atoms with Gasteiger partial charge in [-0.25, -0.2) is 4.79 Å². The number of carboxylic acids is 1. The van der Waals surface area contributed by atoms with Crippen molar-refractivity contribution in [1.82, 2.24) is 0 Å². The first-order valence-corrected chi connectivity index (χ1v) is 7.07. The van der Waals surface area contributed by atoms with E-state index in [4.69, 9.17) is 5.11 Å². The summed E-state index contributed by atoms with van der Waals surface area (Å²) >= 11 is 3.43. The van der Waals surface area contributed by atoms with E-state index >= 15 is 0 Å². The van der Waals surface area contributed by atoms with Crippen LogP contribution in [-0.2, 0) is 5.75 Å². The Hall–Kier alpha value is -1.00. The van der Waals surface area contributed by atoms with Gasteiger partial charge in [0.2, 0.25) is 0 Å². The highest BCUT2D eigenvalue weighted by molar-refractivity contribution is 7.98. The number of benzene rings is 1. The SMILES string of the molecule is CCSCc1csc2cccc(C(=O)O)c12. The molecular weight excluding hydrogens is 240 g/mol. The van der Waals surface area contributed by atoms with Crippen LogP contribution in [0.15, 0.2) is 23.6 Å². The number of thiophene rings is 1. The average Bonchev–Trinajstić information content (AvgIpc) is 2.69. The van der Waals surface area contributed by atoms with Crippen molar-refractivity contribution in [2.45, 2.75) is 12.7 Å². The minimum Gasteiger partial charge on any atom is -0.478 e. The van der Waals surface area contributed by atoms with E-state index in [1.165, 1.54) is 0 Å². The van der Waals surface area contributed by atoms with Crippen LogP contribution in [0, 0.1) is 0 Å². The van der Waals surface area contributed by atoms with Crippen molar-refractivity contribution < 1.29 is 9.90 Å². The van der Waals surface area contributed by atoms with E-state index in [0.717, 1.165) is 27.2 Å². The van der Waals surface area contributed by atoms with Gasteiger partial charge in [-0.2, -0.15) is 11.8 Å². The summed E-state index contributed by atoms with van der Waals surface area (Å²) in [5.74, 6) is 1.10. The maximum absolute atomic E-state index is 11.1. The lowest BCUT2D eigenvalue weighted by atomic mass is 10.1. The molecule has 0 saturated heterocycles. The summed E-state index contributed by atoms with van der Waals surface area (Å²) in [6.45, 7) is 2.11. The molecule has 0 atom stereocenters. The van der Waals surface area contributed by atoms with Gasteiger partial charge < -0.3 is 5.11 Å². The largest absolute Gasteiger partial charge is 0.478 e. The van der Waals surface area contributed by atoms with Crippen molar-refractivity contribution in [3.8, 4) is 0 Å². The number of fused-ring (bicyclic) bond motifs is 1. The molecule has 0 radical (unpaired) electrons. The molecule has 0 aliphatic heterocycles. The van der Waals surface area contributed by atoms with Crippen molar-refractivity contribution in [3.05, 3.63) is 34.7 Å². The topological polar surface area (TPSA) is 37.3 Å². The molecule has 0 bridgehead atoms. The van der Waals surface area contributed by atoms with Gasteiger partial charge in [0.1, 0.15) is 0 Å². The van der Waals surface area contributed by atoms with Crippen LogP contribution in [0.1, 0.15) is 22.8 Å². The second-order valence-electron chi connectivity index (χ2n) is 3.38. The van der Waals surface area contributed by atoms with E-state index in [-0.39, 0.29) is 0 Å². The molecule has 0 aliphatic carbocycles. The first kappa shape index (κ1) is 11.5. The number of thioether (sulfide) groups is 1. The van der Waals surface area contributed by atoms with Crippen molar-refractivity contribution in [2.24, 2.45) is 0 Å². The molecule has 84 valence electrons. The highest BCUT2D eigenvalue weighted by atomic mass is 32.2. The molecule has 0 spiro atoms. The second-order valence-corrected chi connectivity index (χ2v) is 5.57. The van der Waals surface area contributed by atoms with Crippen LogP contribution in [-0.4, -0.2) is 16.8 Å². The molecule has 0 fully saturated rings. The lowest BCUT2D eigenvalue weighted by Crippen LogP contribution is -1.97. The van der Waals surface area contributed by atoms with Crippen molar-refractivity contribution in [1.29, 1.82) is 0 Å². The molecule has 2 rings (SSSR count). The van der Waals surface area contributed by atoms with Gasteiger partial charge in [-0.05, 0) is 28.8 Å². The van der Waals surface area contributed by atoms with Crippen LogP contribution in [0.4, 0.5) is 0 Å². The number of rotatable bonds is 4. The summed E-state index contributed by atoms with van der Waals surface area (Å²) in [5.41, 5.74) is 1.57. The van der Waals surface area contributed by atoms with Gasteiger partial charge >= 0.3 is 5.97 Å². The first-order chi connectivity index (χ1) is 7.74. The van der Waals surface area contributed by atoms with Crippen LogP contribution in [0.25, 0.3) is 10.1 Å². The molecule has 0 amide bonds. The third-order valence-electron chi connectivity index (χ3n) is 2.37. The van der Waals surface area contributed by atoms with Gasteiger partial charge in [-0.3, -0.25) is 0 Å². The Balaban J connectivity index is 2.54. The maximum Gasteiger partial charge on any atom is 0.336 e. The third-order valence-corrected chi connectivity index (χ3v) is 4.29. The number of aromatic carboxylic acids is 1. The van der Waals surface area contributed by atoms with E-state index in [1.807, 2.05) is 17.8 Å². The lowest BCUT2D eigenvalue weighted by Gasteiger charge is -2.01. The summed E-state index contributed by atoms with van der Waals surface area (Å²) < 4.78 is 1.06. The Bertz CT molecular complexity index is 517. The number of carbonyl (C=O) groups is 1. The quantitative estimate of drug-likeness (QED) is 0.898. The molecule has 1 N–H and O–H groups in total. The average molecular weight is 252 g/mol. The fourth-order valence-electron chi connectivity index (χ4n) is 1.65. The fraction of sp³-hybridized carbons (Fsp3) is 0.250. The minimum absolute atomic E-state index is 0.422. The monoisotopic (exact) mass is 252 g/mol. The van der Waals surface area contributed by atoms with Crippen LogP contribution < -0.4 is 0 Å². The van der Waals surface area contributed by atoms with Crippen molar-refractivity contribution in [3.63, 3.8) is 0 Å². The van der Waals surface area contributed by atoms with E-state index < -0.39 is 5.97 Å². The van der Waals surface area contributed by atoms with Crippen molar-refractivity contribution >= 4 is 39.2 Å². The lowest BCUT2D eigenvalue weighted by molar-refractivity contribution is 0.0699. The molecular formula is C12H12O2S2. The van der Waals surface area contributed by atoms with Gasteiger partial charge in [-0.1, -0.05) is 13.0 Å². The zero-order chi connectivity index (χ0) is 11.5. The van der Waals surface area contributed by atoms with Gasteiger partial charge in [0, 0.05) is 15.8 Å². The fourth-order valence-corrected chi connectivity index (χ4v) is 3.39. The number of carboxylic acid groups (broad SMARTS) is 1. The summed E-state index contributed by atoms with van der Waals surface area (Å²) in [4.78, 5) is 11.1. The summed E-state index contributed by atoms with van der Waals surface area (Å²) in [7, 11) is 0. The Labute approximate surface area is 102 Å². The Morgan fingerprint density at radius 3 is 3.00 bits per heavy atom. The number of hydrogen-bond donors (Lipinski definition) is 1. The van der Waals surface area contributed by atoms with Crippen LogP contribution in [0.3, 0.4) is 0 Å². The predicted molar refractivity (Wildman–Crippen MR) is 70.6 cm³/mol. The first-order valence-electron chi connectivity index (χ1n) is 5.04. The summed E-state index contributed by atoms with van der Waals surface area (Å²) in [5, 5.41) is 12.1. The van der Waals surface area contributed by atoms with Crippen LogP contribution in [0.2, 0.25) is 0 Å². The molecule has 0 aliphatic rings. The van der Waals surface area contributed by atoms with Crippen LogP contribution in [0.5, 0.6) is 0 Å². The third kappa shape index (κ3) is 2.08. The Morgan fingerprint density at radius 1 is 1.50 bits per heavy atom. The second kappa shape index (κ2) is 4.89. The zero-order valence-corrected chi connectivity index (χ0v) is 10.5. The van der Waals surface area contributed by atoms with Gasteiger partial charge in [0.05, 0.1) is 5.56 Å². The molecule has 16 heavy (non-hydrogen) atoms. The molecule has 4 heteroatoms. The van der Waals surface area contributed by atoms with E-state index in [9.17, 15) is 4.79 Å². The molecule has 1 aromatic heterocycles. The van der Waals surface area contributed by atoms with Crippen LogP contribution >= 0.6 is 23.1 Å². The molecule has 0 unspecified atom stereocenters. The Kier molecular flexibility index (Phi) is 3.51. The van der Waals surface area contributed by atoms with E-state index in [0.29, 0.717) is 5.56 Å². The number of hydrogen-bond acceptors (Lipinski definition) is 3. The van der Waals surface area contributed by atoms with E-state index in [2.05, 4.69) is 12.3 Å². The normalized spacial score (nSPS) is 10.8. The summed E-state index contributed by atoms with van der Waals surface area (Å²) in [6, 6.07) is 5.46. The van der Waals surface area contributed by atoms with Gasteiger partial charge in [0.25, 0.3) is 0 Å². The van der Waals surface area contributed by atoms with E-state index in [1.54, 1.807) is 23.5 Å². The molecule has 2 nitrogen and oxygen atoms in total. The molecule has 1 aromatic carbocycles. The maximum atomic E-state index is 11.1. The molecule has 2 aromatic rings. The minimum atomic E-state index is -0.841. The molecule has 1 heterocycles. The van der Waals surface area contributed by atoms with Gasteiger partial charge in [0.15, 0.2) is 0 Å². The van der Waals surface area contributed by atoms with Crippen molar-refractivity contribution in [2.75, 3.05) is 5.75 Å². The zero-order valence-electron chi connectivity index (χ0n) is 8.90. The highest BCUT2D eigenvalue weighted by Gasteiger charge is 2.13.